The van der Waals surface area contributed by atoms with Gasteiger partial charge in [-0.3, -0.25) is 4.98 Å². The van der Waals surface area contributed by atoms with Crippen LogP contribution in [0.25, 0.3) is 0 Å². The summed E-state index contributed by atoms with van der Waals surface area (Å²) in [6.07, 6.45) is 12.0. The van der Waals surface area contributed by atoms with Crippen LogP contribution in [-0.4, -0.2) is 11.0 Å². The molecule has 1 N–H and O–H groups in total. The van der Waals surface area contributed by atoms with E-state index in [0.717, 1.165) is 5.92 Å². The van der Waals surface area contributed by atoms with Crippen LogP contribution in [0.4, 0.5) is 5.69 Å². The Kier molecular flexibility index (Phi) is 4.41. The number of rotatable bonds is 3. The first-order valence-corrected chi connectivity index (χ1v) is 6.96. The molecule has 0 spiro atoms. The molecule has 0 aromatic carbocycles. The van der Waals surface area contributed by atoms with Crippen molar-refractivity contribution >= 4 is 5.69 Å². The lowest BCUT2D eigenvalue weighted by Gasteiger charge is -2.18. The Morgan fingerprint density at radius 2 is 2.12 bits per heavy atom. The highest BCUT2D eigenvalue weighted by Crippen LogP contribution is 2.27. The molecule has 0 bridgehead atoms. The third kappa shape index (κ3) is 3.72. The Hall–Kier alpha value is -1.05. The van der Waals surface area contributed by atoms with Crippen LogP contribution in [-0.2, 0) is 0 Å². The van der Waals surface area contributed by atoms with Crippen molar-refractivity contribution in [3.63, 3.8) is 0 Å². The van der Waals surface area contributed by atoms with Gasteiger partial charge in [0.1, 0.15) is 0 Å². The van der Waals surface area contributed by atoms with Crippen LogP contribution < -0.4 is 5.32 Å². The lowest BCUT2D eigenvalue weighted by Crippen LogP contribution is -2.18. The largest absolute Gasteiger partial charge is 0.381 e. The van der Waals surface area contributed by atoms with Crippen LogP contribution >= 0.6 is 0 Å². The molecule has 1 aliphatic rings. The maximum Gasteiger partial charge on any atom is 0.0531 e. The van der Waals surface area contributed by atoms with Gasteiger partial charge in [-0.1, -0.05) is 26.2 Å². The summed E-state index contributed by atoms with van der Waals surface area (Å²) in [4.78, 5) is 4.24. The molecule has 1 saturated carbocycles. The van der Waals surface area contributed by atoms with Crippen molar-refractivity contribution < 1.29 is 0 Å². The van der Waals surface area contributed by atoms with Crippen LogP contribution in [0, 0.1) is 12.8 Å². The summed E-state index contributed by atoms with van der Waals surface area (Å²) in [7, 11) is 0. The normalized spacial score (nSPS) is 25.3. The second-order valence-corrected chi connectivity index (χ2v) is 5.37. The zero-order chi connectivity index (χ0) is 12.1. The fourth-order valence-electron chi connectivity index (χ4n) is 2.80. The summed E-state index contributed by atoms with van der Waals surface area (Å²) < 4.78 is 0. The van der Waals surface area contributed by atoms with Crippen molar-refractivity contribution in [1.82, 2.24) is 4.98 Å². The van der Waals surface area contributed by atoms with Crippen molar-refractivity contribution in [3.8, 4) is 0 Å². The summed E-state index contributed by atoms with van der Waals surface area (Å²) in [5.41, 5.74) is 2.42. The van der Waals surface area contributed by atoms with Crippen LogP contribution in [0.15, 0.2) is 18.5 Å². The molecule has 2 nitrogen and oxygen atoms in total. The first kappa shape index (κ1) is 12.4. The molecule has 1 fully saturated rings. The molecular formula is C15H24N2. The number of nitrogens with zero attached hydrogens (tertiary/aromatic N) is 1. The molecular weight excluding hydrogens is 208 g/mol. The fraction of sp³-hybridized carbons (Fsp3) is 0.667. The predicted molar refractivity (Wildman–Crippen MR) is 73.3 cm³/mol. The van der Waals surface area contributed by atoms with Gasteiger partial charge in [-0.2, -0.15) is 0 Å². The zero-order valence-electron chi connectivity index (χ0n) is 11.1. The van der Waals surface area contributed by atoms with Gasteiger partial charge in [0, 0.05) is 18.4 Å². The first-order chi connectivity index (χ1) is 8.28. The summed E-state index contributed by atoms with van der Waals surface area (Å²) in [6, 6.07) is 2.84. The van der Waals surface area contributed by atoms with Crippen molar-refractivity contribution in [1.29, 1.82) is 0 Å². The SMILES string of the molecule is CCC1CCCC(Nc2cncc(C)c2)CC1. The van der Waals surface area contributed by atoms with Crippen molar-refractivity contribution in [3.05, 3.63) is 24.0 Å². The van der Waals surface area contributed by atoms with E-state index in [1.807, 2.05) is 12.4 Å². The quantitative estimate of drug-likeness (QED) is 0.791. The maximum absolute atomic E-state index is 4.24. The van der Waals surface area contributed by atoms with E-state index in [0.29, 0.717) is 6.04 Å². The standard InChI is InChI=1S/C15H24N2/c1-3-13-5-4-6-14(8-7-13)17-15-9-12(2)10-16-11-15/h9-11,13-14,17H,3-8H2,1-2H3. The Balaban J connectivity index is 1.90. The van der Waals surface area contributed by atoms with Gasteiger partial charge in [-0.15, -0.1) is 0 Å². The zero-order valence-corrected chi connectivity index (χ0v) is 11.1. The highest BCUT2D eigenvalue weighted by atomic mass is 14.9. The van der Waals surface area contributed by atoms with Crippen molar-refractivity contribution in [2.24, 2.45) is 5.92 Å². The third-order valence-corrected chi connectivity index (χ3v) is 3.91. The van der Waals surface area contributed by atoms with E-state index in [4.69, 9.17) is 0 Å². The fourth-order valence-corrected chi connectivity index (χ4v) is 2.80. The Morgan fingerprint density at radius 1 is 1.24 bits per heavy atom. The molecule has 1 aromatic rings. The topological polar surface area (TPSA) is 24.9 Å². The van der Waals surface area contributed by atoms with E-state index in [1.54, 1.807) is 0 Å². The van der Waals surface area contributed by atoms with Gasteiger partial charge in [-0.05, 0) is 43.7 Å². The van der Waals surface area contributed by atoms with Crippen LogP contribution in [0.2, 0.25) is 0 Å². The first-order valence-electron chi connectivity index (χ1n) is 6.96. The average molecular weight is 232 g/mol. The molecule has 1 aliphatic carbocycles. The maximum atomic E-state index is 4.24. The molecule has 94 valence electrons. The van der Waals surface area contributed by atoms with E-state index >= 15 is 0 Å². The molecule has 2 rings (SSSR count). The Labute approximate surface area is 105 Å². The lowest BCUT2D eigenvalue weighted by atomic mass is 9.98. The van der Waals surface area contributed by atoms with Crippen LogP contribution in [0.1, 0.15) is 51.0 Å². The second-order valence-electron chi connectivity index (χ2n) is 5.37. The summed E-state index contributed by atoms with van der Waals surface area (Å²) in [6.45, 7) is 4.42. The highest BCUT2D eigenvalue weighted by Gasteiger charge is 2.17. The lowest BCUT2D eigenvalue weighted by molar-refractivity contribution is 0.444. The molecule has 2 atom stereocenters. The number of aryl methyl sites for hydroxylation is 1. The van der Waals surface area contributed by atoms with Gasteiger partial charge in [-0.25, -0.2) is 0 Å². The van der Waals surface area contributed by atoms with Gasteiger partial charge in [0.2, 0.25) is 0 Å². The minimum atomic E-state index is 0.648. The van der Waals surface area contributed by atoms with E-state index in [1.165, 1.54) is 49.8 Å². The predicted octanol–water partition coefficient (Wildman–Crippen LogP) is 4.16. The van der Waals surface area contributed by atoms with Crippen LogP contribution in [0.5, 0.6) is 0 Å². The minimum Gasteiger partial charge on any atom is -0.381 e. The number of hydrogen-bond donors (Lipinski definition) is 1. The van der Waals surface area contributed by atoms with Gasteiger partial charge in [0.25, 0.3) is 0 Å². The molecule has 0 radical (unpaired) electrons. The van der Waals surface area contributed by atoms with Crippen LogP contribution in [0.3, 0.4) is 0 Å². The smallest absolute Gasteiger partial charge is 0.0531 e. The molecule has 2 unspecified atom stereocenters. The second kappa shape index (κ2) is 6.04. The highest BCUT2D eigenvalue weighted by molar-refractivity contribution is 5.43. The van der Waals surface area contributed by atoms with E-state index in [9.17, 15) is 0 Å². The number of hydrogen-bond acceptors (Lipinski definition) is 2. The van der Waals surface area contributed by atoms with Gasteiger partial charge >= 0.3 is 0 Å². The van der Waals surface area contributed by atoms with Gasteiger partial charge in [0.05, 0.1) is 5.69 Å². The Morgan fingerprint density at radius 3 is 2.88 bits per heavy atom. The summed E-state index contributed by atoms with van der Waals surface area (Å²) >= 11 is 0. The minimum absolute atomic E-state index is 0.648. The average Bonchev–Trinajstić information content (AvgIpc) is 2.54. The van der Waals surface area contributed by atoms with E-state index in [2.05, 4.69) is 30.2 Å². The summed E-state index contributed by atoms with van der Waals surface area (Å²) in [5, 5.41) is 3.64. The summed E-state index contributed by atoms with van der Waals surface area (Å²) in [5.74, 6) is 0.956. The van der Waals surface area contributed by atoms with Gasteiger partial charge in [0.15, 0.2) is 0 Å². The number of nitrogens with one attached hydrogen (secondary N) is 1. The molecule has 17 heavy (non-hydrogen) atoms. The molecule has 2 heteroatoms. The Bertz CT molecular complexity index is 349. The number of aromatic nitrogens is 1. The third-order valence-electron chi connectivity index (χ3n) is 3.91. The number of anilines is 1. The molecule has 0 amide bonds. The van der Waals surface area contributed by atoms with E-state index in [-0.39, 0.29) is 0 Å². The van der Waals surface area contributed by atoms with E-state index < -0.39 is 0 Å². The molecule has 1 heterocycles. The number of pyridine rings is 1. The monoisotopic (exact) mass is 232 g/mol. The molecule has 0 saturated heterocycles. The molecule has 1 aromatic heterocycles. The van der Waals surface area contributed by atoms with Crippen molar-refractivity contribution in [2.75, 3.05) is 5.32 Å². The van der Waals surface area contributed by atoms with Gasteiger partial charge < -0.3 is 5.32 Å². The molecule has 0 aliphatic heterocycles. The van der Waals surface area contributed by atoms with Crippen molar-refractivity contribution in [2.45, 2.75) is 58.4 Å².